The Morgan fingerprint density at radius 1 is 1.68 bits per heavy atom. The molecule has 0 bridgehead atoms. The van der Waals surface area contributed by atoms with Crippen LogP contribution in [-0.4, -0.2) is 41.1 Å². The third-order valence-electron chi connectivity index (χ3n) is 3.24. The van der Waals surface area contributed by atoms with Crippen molar-refractivity contribution < 1.29 is 9.53 Å². The molecule has 1 aliphatic rings. The lowest BCUT2D eigenvalue weighted by Crippen LogP contribution is -2.51. The Balaban J connectivity index is 2.28. The number of nitrogens with zero attached hydrogens (tertiary/aromatic N) is 2. The number of carbonyl (C=O) groups excluding carboxylic acids is 1. The Morgan fingerprint density at radius 2 is 2.42 bits per heavy atom. The van der Waals surface area contributed by atoms with Crippen molar-refractivity contribution in [2.24, 2.45) is 0 Å². The number of ether oxygens (including phenoxy) is 1. The zero-order valence-corrected chi connectivity index (χ0v) is 13.2. The van der Waals surface area contributed by atoms with E-state index in [0.717, 1.165) is 10.9 Å². The second kappa shape index (κ2) is 6.20. The van der Waals surface area contributed by atoms with Gasteiger partial charge in [-0.1, -0.05) is 18.5 Å². The van der Waals surface area contributed by atoms with Gasteiger partial charge in [0.05, 0.1) is 24.3 Å². The molecular formula is C13H16BrClN2O2. The fraction of sp³-hybridized carbons (Fsp3) is 0.538. The van der Waals surface area contributed by atoms with Crippen molar-refractivity contribution in [3.05, 3.63) is 27.5 Å². The number of hydrogen-bond acceptors (Lipinski definition) is 3. The maximum atomic E-state index is 12.6. The van der Waals surface area contributed by atoms with E-state index in [2.05, 4.69) is 20.9 Å². The number of hydrogen-bond donors (Lipinski definition) is 0. The average molecular weight is 348 g/mol. The van der Waals surface area contributed by atoms with E-state index >= 15 is 0 Å². The summed E-state index contributed by atoms with van der Waals surface area (Å²) < 4.78 is 6.34. The van der Waals surface area contributed by atoms with Gasteiger partial charge < -0.3 is 9.64 Å². The van der Waals surface area contributed by atoms with E-state index in [1.807, 2.05) is 18.7 Å². The Labute approximate surface area is 126 Å². The molecule has 0 N–H and O–H groups in total. The average Bonchev–Trinajstić information content (AvgIpc) is 2.40. The molecule has 0 aliphatic carbocycles. The lowest BCUT2D eigenvalue weighted by molar-refractivity contribution is -0.0444. The molecule has 2 atom stereocenters. The SMILES string of the molecule is CCC1COC(C)CN1C(=O)c1cc(Br)cnc1Cl. The molecule has 104 valence electrons. The molecule has 1 aromatic heterocycles. The first-order valence-electron chi connectivity index (χ1n) is 6.26. The van der Waals surface area contributed by atoms with Gasteiger partial charge >= 0.3 is 0 Å². The molecule has 6 heteroatoms. The van der Waals surface area contributed by atoms with Crippen LogP contribution in [0.5, 0.6) is 0 Å². The highest BCUT2D eigenvalue weighted by Gasteiger charge is 2.31. The maximum Gasteiger partial charge on any atom is 0.257 e. The summed E-state index contributed by atoms with van der Waals surface area (Å²) in [6.07, 6.45) is 2.49. The fourth-order valence-electron chi connectivity index (χ4n) is 2.16. The quantitative estimate of drug-likeness (QED) is 0.772. The summed E-state index contributed by atoms with van der Waals surface area (Å²) in [5.41, 5.74) is 0.434. The van der Waals surface area contributed by atoms with Crippen molar-refractivity contribution in [3.63, 3.8) is 0 Å². The van der Waals surface area contributed by atoms with Gasteiger partial charge in [-0.3, -0.25) is 4.79 Å². The predicted molar refractivity (Wildman–Crippen MR) is 77.5 cm³/mol. The molecule has 0 radical (unpaired) electrons. The minimum atomic E-state index is -0.0826. The number of rotatable bonds is 2. The Bertz CT molecular complexity index is 484. The van der Waals surface area contributed by atoms with Crippen molar-refractivity contribution in [1.82, 2.24) is 9.88 Å². The monoisotopic (exact) mass is 346 g/mol. The fourth-order valence-corrected chi connectivity index (χ4v) is 2.67. The number of amides is 1. The summed E-state index contributed by atoms with van der Waals surface area (Å²) in [4.78, 5) is 18.5. The van der Waals surface area contributed by atoms with Gasteiger partial charge in [-0.2, -0.15) is 0 Å². The van der Waals surface area contributed by atoms with Crippen LogP contribution >= 0.6 is 27.5 Å². The summed E-state index contributed by atoms with van der Waals surface area (Å²) in [7, 11) is 0. The predicted octanol–water partition coefficient (Wildman–Crippen LogP) is 3.14. The van der Waals surface area contributed by atoms with E-state index in [1.165, 1.54) is 0 Å². The lowest BCUT2D eigenvalue weighted by Gasteiger charge is -2.38. The van der Waals surface area contributed by atoms with Gasteiger partial charge in [0, 0.05) is 17.2 Å². The van der Waals surface area contributed by atoms with Gasteiger partial charge in [0.25, 0.3) is 5.91 Å². The van der Waals surface area contributed by atoms with Crippen molar-refractivity contribution in [2.75, 3.05) is 13.2 Å². The molecule has 1 saturated heterocycles. The molecule has 4 nitrogen and oxygen atoms in total. The van der Waals surface area contributed by atoms with E-state index in [1.54, 1.807) is 12.3 Å². The van der Waals surface area contributed by atoms with Gasteiger partial charge in [-0.15, -0.1) is 0 Å². The normalized spacial score (nSPS) is 23.5. The second-order valence-corrected chi connectivity index (χ2v) is 5.93. The summed E-state index contributed by atoms with van der Waals surface area (Å²) in [5.74, 6) is -0.0826. The molecule has 1 amide bonds. The lowest BCUT2D eigenvalue weighted by atomic mass is 10.1. The minimum absolute atomic E-state index is 0.0469. The molecule has 1 aliphatic heterocycles. The molecule has 0 spiro atoms. The van der Waals surface area contributed by atoms with E-state index in [9.17, 15) is 4.79 Å². The van der Waals surface area contributed by atoms with Crippen LogP contribution < -0.4 is 0 Å². The van der Waals surface area contributed by atoms with Crippen LogP contribution in [0.15, 0.2) is 16.7 Å². The third-order valence-corrected chi connectivity index (χ3v) is 3.97. The maximum absolute atomic E-state index is 12.6. The number of morpholine rings is 1. The Morgan fingerprint density at radius 3 is 3.11 bits per heavy atom. The van der Waals surface area contributed by atoms with Crippen molar-refractivity contribution in [3.8, 4) is 0 Å². The molecule has 2 unspecified atom stereocenters. The highest BCUT2D eigenvalue weighted by atomic mass is 79.9. The zero-order valence-electron chi connectivity index (χ0n) is 10.9. The van der Waals surface area contributed by atoms with Crippen LogP contribution in [0.4, 0.5) is 0 Å². The van der Waals surface area contributed by atoms with Crippen molar-refractivity contribution >= 4 is 33.4 Å². The summed E-state index contributed by atoms with van der Waals surface area (Å²) in [6, 6.07) is 1.81. The van der Waals surface area contributed by atoms with Crippen LogP contribution in [0.2, 0.25) is 5.15 Å². The summed E-state index contributed by atoms with van der Waals surface area (Å²) >= 11 is 9.34. The molecule has 1 fully saturated rings. The molecule has 2 rings (SSSR count). The van der Waals surface area contributed by atoms with Gasteiger partial charge in [-0.05, 0) is 35.3 Å². The smallest absolute Gasteiger partial charge is 0.257 e. The minimum Gasteiger partial charge on any atom is -0.375 e. The van der Waals surface area contributed by atoms with Gasteiger partial charge in [0.15, 0.2) is 0 Å². The van der Waals surface area contributed by atoms with Gasteiger partial charge in [0.1, 0.15) is 5.15 Å². The Hall–Kier alpha value is -0.650. The van der Waals surface area contributed by atoms with Crippen LogP contribution in [0, 0.1) is 0 Å². The van der Waals surface area contributed by atoms with Crippen LogP contribution in [0.3, 0.4) is 0 Å². The first-order valence-corrected chi connectivity index (χ1v) is 7.43. The molecule has 1 aromatic rings. The molecule has 0 aromatic carbocycles. The summed E-state index contributed by atoms with van der Waals surface area (Å²) in [6.45, 7) is 5.17. The van der Waals surface area contributed by atoms with E-state index < -0.39 is 0 Å². The van der Waals surface area contributed by atoms with Crippen molar-refractivity contribution in [2.45, 2.75) is 32.4 Å². The first kappa shape index (κ1) is 14.8. The Kier molecular flexibility index (Phi) is 4.81. The van der Waals surface area contributed by atoms with Gasteiger partial charge in [-0.25, -0.2) is 4.98 Å². The highest BCUT2D eigenvalue weighted by Crippen LogP contribution is 2.23. The van der Waals surface area contributed by atoms with Crippen LogP contribution in [0.1, 0.15) is 30.6 Å². The van der Waals surface area contributed by atoms with Gasteiger partial charge in [0.2, 0.25) is 0 Å². The number of aromatic nitrogens is 1. The topological polar surface area (TPSA) is 42.4 Å². The molecule has 0 saturated carbocycles. The molecule has 2 heterocycles. The standard InChI is InChI=1S/C13H16BrClN2O2/c1-3-10-7-19-8(2)6-17(10)13(18)11-4-9(14)5-16-12(11)15/h4-5,8,10H,3,6-7H2,1-2H3. The third kappa shape index (κ3) is 3.27. The number of pyridine rings is 1. The van der Waals surface area contributed by atoms with Crippen molar-refractivity contribution in [1.29, 1.82) is 0 Å². The van der Waals surface area contributed by atoms with E-state index in [-0.39, 0.29) is 23.2 Å². The highest BCUT2D eigenvalue weighted by molar-refractivity contribution is 9.10. The number of halogens is 2. The number of carbonyl (C=O) groups is 1. The zero-order chi connectivity index (χ0) is 14.0. The molecule has 19 heavy (non-hydrogen) atoms. The molecular weight excluding hydrogens is 332 g/mol. The first-order chi connectivity index (χ1) is 9.02. The summed E-state index contributed by atoms with van der Waals surface area (Å²) in [5, 5.41) is 0.238. The van der Waals surface area contributed by atoms with E-state index in [4.69, 9.17) is 16.3 Å². The van der Waals surface area contributed by atoms with Crippen LogP contribution in [0.25, 0.3) is 0 Å². The second-order valence-electron chi connectivity index (χ2n) is 4.66. The van der Waals surface area contributed by atoms with Crippen LogP contribution in [-0.2, 0) is 4.74 Å². The van der Waals surface area contributed by atoms with E-state index in [0.29, 0.717) is 18.7 Å². The largest absolute Gasteiger partial charge is 0.375 e.